The molecule has 0 saturated heterocycles. The fraction of sp³-hybridized carbons (Fsp3) is 0.615. The summed E-state index contributed by atoms with van der Waals surface area (Å²) in [6.45, 7) is 3.06. The molecule has 1 N–H and O–H groups in total. The van der Waals surface area contributed by atoms with Crippen molar-refractivity contribution in [1.82, 2.24) is 15.2 Å². The molecule has 1 aromatic rings. The summed E-state index contributed by atoms with van der Waals surface area (Å²) in [5.41, 5.74) is 1.03. The molecule has 1 rings (SSSR count). The van der Waals surface area contributed by atoms with Gasteiger partial charge in [-0.25, -0.2) is 0 Å². The van der Waals surface area contributed by atoms with E-state index < -0.39 is 12.7 Å². The van der Waals surface area contributed by atoms with Gasteiger partial charge in [-0.2, -0.15) is 13.2 Å². The summed E-state index contributed by atoms with van der Waals surface area (Å²) in [5, 5.41) is 3.13. The van der Waals surface area contributed by atoms with Crippen molar-refractivity contribution < 1.29 is 13.2 Å². The minimum Gasteiger partial charge on any atom is -0.311 e. The molecule has 0 fully saturated rings. The number of nitrogens with one attached hydrogen (secondary N) is 1. The highest BCUT2D eigenvalue weighted by atomic mass is 19.4. The second kappa shape index (κ2) is 8.12. The largest absolute Gasteiger partial charge is 0.401 e. The van der Waals surface area contributed by atoms with Gasteiger partial charge in [0, 0.05) is 32.0 Å². The highest BCUT2D eigenvalue weighted by Gasteiger charge is 2.29. The average molecular weight is 275 g/mol. The molecule has 0 atom stereocenters. The molecule has 0 aliphatic carbocycles. The van der Waals surface area contributed by atoms with Crippen LogP contribution in [0.3, 0.4) is 0 Å². The third-order valence-electron chi connectivity index (χ3n) is 2.60. The fourth-order valence-corrected chi connectivity index (χ4v) is 1.81. The lowest BCUT2D eigenvalue weighted by molar-refractivity contribution is -0.145. The zero-order chi connectivity index (χ0) is 14.1. The topological polar surface area (TPSA) is 28.2 Å². The lowest BCUT2D eigenvalue weighted by Gasteiger charge is -2.23. The summed E-state index contributed by atoms with van der Waals surface area (Å²) >= 11 is 0. The van der Waals surface area contributed by atoms with Crippen molar-refractivity contribution in [2.24, 2.45) is 0 Å². The number of hydrogen-bond donors (Lipinski definition) is 1. The number of aromatic nitrogens is 1. The predicted molar refractivity (Wildman–Crippen MR) is 68.7 cm³/mol. The van der Waals surface area contributed by atoms with Crippen LogP contribution in [0.1, 0.15) is 18.9 Å². The van der Waals surface area contributed by atoms with Gasteiger partial charge in [0.15, 0.2) is 0 Å². The van der Waals surface area contributed by atoms with Gasteiger partial charge in [-0.15, -0.1) is 0 Å². The van der Waals surface area contributed by atoms with Crippen LogP contribution < -0.4 is 5.32 Å². The third kappa shape index (κ3) is 7.79. The minimum atomic E-state index is -4.13. The molecule has 0 saturated carbocycles. The Morgan fingerprint density at radius 2 is 2.11 bits per heavy atom. The summed E-state index contributed by atoms with van der Waals surface area (Å²) in [4.78, 5) is 5.40. The van der Waals surface area contributed by atoms with Crippen LogP contribution in [0.15, 0.2) is 24.5 Å². The molecule has 0 aliphatic rings. The van der Waals surface area contributed by atoms with Gasteiger partial charge in [-0.05, 0) is 24.6 Å². The number of alkyl halides is 3. The van der Waals surface area contributed by atoms with Crippen LogP contribution in [0.5, 0.6) is 0 Å². The summed E-state index contributed by atoms with van der Waals surface area (Å²) in [7, 11) is 0. The quantitative estimate of drug-likeness (QED) is 0.739. The van der Waals surface area contributed by atoms with Gasteiger partial charge < -0.3 is 5.32 Å². The molecule has 0 spiro atoms. The Bertz CT molecular complexity index is 341. The van der Waals surface area contributed by atoms with E-state index in [1.54, 1.807) is 12.4 Å². The molecule has 0 aliphatic heterocycles. The zero-order valence-electron chi connectivity index (χ0n) is 11.1. The van der Waals surface area contributed by atoms with Gasteiger partial charge in [0.25, 0.3) is 0 Å². The molecule has 0 unspecified atom stereocenters. The van der Waals surface area contributed by atoms with Crippen LogP contribution in [0.2, 0.25) is 0 Å². The molecule has 3 nitrogen and oxygen atoms in total. The van der Waals surface area contributed by atoms with Crippen molar-refractivity contribution in [3.8, 4) is 0 Å². The Kier molecular flexibility index (Phi) is 6.80. The third-order valence-corrected chi connectivity index (χ3v) is 2.60. The fourth-order valence-electron chi connectivity index (χ4n) is 1.81. The normalized spacial score (nSPS) is 12.1. The van der Waals surface area contributed by atoms with Crippen molar-refractivity contribution in [2.75, 3.05) is 26.2 Å². The lowest BCUT2D eigenvalue weighted by Crippen LogP contribution is -2.39. The lowest BCUT2D eigenvalue weighted by atomic mass is 10.3. The molecular formula is C13H20F3N3. The molecule has 108 valence electrons. The maximum absolute atomic E-state index is 12.3. The SMILES string of the molecule is CCCN(CCNCc1cccnc1)CC(F)(F)F. The monoisotopic (exact) mass is 275 g/mol. The molecule has 19 heavy (non-hydrogen) atoms. The van der Waals surface area contributed by atoms with Crippen LogP contribution in [0.4, 0.5) is 13.2 Å². The Hall–Kier alpha value is -1.14. The second-order valence-corrected chi connectivity index (χ2v) is 4.43. The average Bonchev–Trinajstić information content (AvgIpc) is 2.34. The van der Waals surface area contributed by atoms with Gasteiger partial charge in [0.2, 0.25) is 0 Å². The van der Waals surface area contributed by atoms with Crippen molar-refractivity contribution in [1.29, 1.82) is 0 Å². The molecule has 0 amide bonds. The second-order valence-electron chi connectivity index (χ2n) is 4.43. The smallest absolute Gasteiger partial charge is 0.311 e. The van der Waals surface area contributed by atoms with Gasteiger partial charge in [0.05, 0.1) is 6.54 Å². The van der Waals surface area contributed by atoms with Crippen molar-refractivity contribution in [3.05, 3.63) is 30.1 Å². The number of rotatable bonds is 8. The van der Waals surface area contributed by atoms with E-state index in [0.717, 1.165) is 12.0 Å². The first-order valence-corrected chi connectivity index (χ1v) is 6.40. The molecule has 1 aromatic heterocycles. The van der Waals surface area contributed by atoms with Crippen molar-refractivity contribution in [3.63, 3.8) is 0 Å². The maximum Gasteiger partial charge on any atom is 0.401 e. The Labute approximate surface area is 111 Å². The van der Waals surface area contributed by atoms with Crippen molar-refractivity contribution >= 4 is 0 Å². The first-order chi connectivity index (χ1) is 9.01. The molecule has 0 bridgehead atoms. The van der Waals surface area contributed by atoms with Crippen molar-refractivity contribution in [2.45, 2.75) is 26.1 Å². The van der Waals surface area contributed by atoms with Gasteiger partial charge in [0.1, 0.15) is 0 Å². The summed E-state index contributed by atoms with van der Waals surface area (Å²) < 4.78 is 37.0. The molecule has 0 aromatic carbocycles. The number of pyridine rings is 1. The maximum atomic E-state index is 12.3. The van der Waals surface area contributed by atoms with Crippen LogP contribution in [0.25, 0.3) is 0 Å². The van der Waals surface area contributed by atoms with Crippen LogP contribution >= 0.6 is 0 Å². The standard InChI is InChI=1S/C13H20F3N3/c1-2-7-19(11-13(14,15)16)8-6-18-10-12-4-3-5-17-9-12/h3-5,9,18H,2,6-8,10-11H2,1H3. The summed E-state index contributed by atoms with van der Waals surface area (Å²) in [6.07, 6.45) is 0.0273. The van der Waals surface area contributed by atoms with E-state index in [0.29, 0.717) is 26.2 Å². The zero-order valence-corrected chi connectivity index (χ0v) is 11.1. The number of hydrogen-bond acceptors (Lipinski definition) is 3. The van der Waals surface area contributed by atoms with Crippen LogP contribution in [-0.4, -0.2) is 42.2 Å². The van der Waals surface area contributed by atoms with E-state index >= 15 is 0 Å². The number of nitrogens with zero attached hydrogens (tertiary/aromatic N) is 2. The first kappa shape index (κ1) is 15.9. The Morgan fingerprint density at radius 3 is 2.68 bits per heavy atom. The van der Waals surface area contributed by atoms with Gasteiger partial charge in [-0.1, -0.05) is 13.0 Å². The van der Waals surface area contributed by atoms with Crippen LogP contribution in [0, 0.1) is 0 Å². The molecular weight excluding hydrogens is 255 g/mol. The van der Waals surface area contributed by atoms with E-state index in [4.69, 9.17) is 0 Å². The first-order valence-electron chi connectivity index (χ1n) is 6.40. The highest BCUT2D eigenvalue weighted by molar-refractivity contribution is 5.07. The van der Waals surface area contributed by atoms with Gasteiger partial charge >= 0.3 is 6.18 Å². The van der Waals surface area contributed by atoms with E-state index in [1.807, 2.05) is 19.1 Å². The molecule has 6 heteroatoms. The summed E-state index contributed by atoms with van der Waals surface area (Å²) in [6, 6.07) is 3.77. The van der Waals surface area contributed by atoms with Crippen LogP contribution in [-0.2, 0) is 6.54 Å². The Balaban J connectivity index is 2.24. The Morgan fingerprint density at radius 1 is 1.32 bits per heavy atom. The van der Waals surface area contributed by atoms with E-state index in [-0.39, 0.29) is 0 Å². The predicted octanol–water partition coefficient (Wildman–Crippen LogP) is 2.45. The molecule has 0 radical (unpaired) electrons. The minimum absolute atomic E-state index is 0.396. The highest BCUT2D eigenvalue weighted by Crippen LogP contribution is 2.16. The molecule has 1 heterocycles. The van der Waals surface area contributed by atoms with E-state index in [1.165, 1.54) is 4.90 Å². The number of halogens is 3. The summed E-state index contributed by atoms with van der Waals surface area (Å²) in [5.74, 6) is 0. The van der Waals surface area contributed by atoms with E-state index in [9.17, 15) is 13.2 Å². The van der Waals surface area contributed by atoms with Gasteiger partial charge in [-0.3, -0.25) is 9.88 Å². The van der Waals surface area contributed by atoms with E-state index in [2.05, 4.69) is 10.3 Å².